The van der Waals surface area contributed by atoms with Crippen LogP contribution in [0.1, 0.15) is 21.5 Å². The summed E-state index contributed by atoms with van der Waals surface area (Å²) in [5.74, 6) is -1.05. The van der Waals surface area contributed by atoms with Gasteiger partial charge in [-0.3, -0.25) is 20.4 Å². The Morgan fingerprint density at radius 1 is 1.06 bits per heavy atom. The molecule has 1 fully saturated rings. The molecule has 0 atom stereocenters. The van der Waals surface area contributed by atoms with Gasteiger partial charge in [-0.1, -0.05) is 18.2 Å². The topological polar surface area (TPSA) is 118 Å². The summed E-state index contributed by atoms with van der Waals surface area (Å²) in [6, 6.07) is 11.4. The van der Waals surface area contributed by atoms with Crippen molar-refractivity contribution in [2.45, 2.75) is 18.2 Å². The van der Waals surface area contributed by atoms with Crippen LogP contribution < -0.4 is 10.9 Å². The number of ether oxygens (including phenoxy) is 1. The quantitative estimate of drug-likeness (QED) is 0.564. The molecular formula is C22H23N3O6S. The van der Waals surface area contributed by atoms with Crippen molar-refractivity contribution >= 4 is 32.8 Å². The summed E-state index contributed by atoms with van der Waals surface area (Å²) in [6.07, 6.45) is 1.53. The fraction of sp³-hybridized carbons (Fsp3) is 0.273. The molecule has 1 saturated heterocycles. The molecule has 0 spiro atoms. The molecule has 2 heterocycles. The number of benzene rings is 2. The van der Waals surface area contributed by atoms with Crippen molar-refractivity contribution in [3.8, 4) is 0 Å². The van der Waals surface area contributed by atoms with Crippen LogP contribution >= 0.6 is 0 Å². The first kappa shape index (κ1) is 22.0. The van der Waals surface area contributed by atoms with Crippen molar-refractivity contribution < 1.29 is 27.2 Å². The lowest BCUT2D eigenvalue weighted by molar-refractivity contribution is -0.121. The molecule has 2 aromatic carbocycles. The molecule has 0 saturated carbocycles. The number of furan rings is 1. The molecule has 168 valence electrons. The molecule has 4 rings (SSSR count). The minimum Gasteiger partial charge on any atom is -0.464 e. The molecule has 32 heavy (non-hydrogen) atoms. The van der Waals surface area contributed by atoms with E-state index < -0.39 is 21.8 Å². The smallest absolute Gasteiger partial charge is 0.269 e. The first-order chi connectivity index (χ1) is 15.3. The van der Waals surface area contributed by atoms with Crippen molar-refractivity contribution in [2.75, 3.05) is 26.3 Å². The van der Waals surface area contributed by atoms with Gasteiger partial charge in [0.25, 0.3) is 5.91 Å². The van der Waals surface area contributed by atoms with Crippen LogP contribution in [0.5, 0.6) is 0 Å². The number of fused-ring (bicyclic) bond motifs is 1. The summed E-state index contributed by atoms with van der Waals surface area (Å²) < 4.78 is 37.6. The summed E-state index contributed by atoms with van der Waals surface area (Å²) in [5, 5.41) is 0.832. The van der Waals surface area contributed by atoms with E-state index in [0.717, 1.165) is 10.9 Å². The molecule has 9 nitrogen and oxygen atoms in total. The van der Waals surface area contributed by atoms with Gasteiger partial charge in [0.1, 0.15) is 5.58 Å². The zero-order chi connectivity index (χ0) is 22.7. The highest BCUT2D eigenvalue weighted by Gasteiger charge is 2.27. The highest BCUT2D eigenvalue weighted by atomic mass is 32.2. The van der Waals surface area contributed by atoms with E-state index in [1.54, 1.807) is 0 Å². The van der Waals surface area contributed by atoms with Crippen LogP contribution in [0.3, 0.4) is 0 Å². The maximum Gasteiger partial charge on any atom is 0.269 e. The third kappa shape index (κ3) is 4.67. The Kier molecular flexibility index (Phi) is 6.26. The van der Waals surface area contributed by atoms with Gasteiger partial charge in [-0.15, -0.1) is 0 Å². The molecule has 0 bridgehead atoms. The van der Waals surface area contributed by atoms with Crippen LogP contribution in [-0.2, 0) is 26.0 Å². The van der Waals surface area contributed by atoms with Gasteiger partial charge in [0, 0.05) is 29.6 Å². The number of hydrogen-bond acceptors (Lipinski definition) is 6. The van der Waals surface area contributed by atoms with E-state index in [1.807, 2.05) is 25.1 Å². The van der Waals surface area contributed by atoms with E-state index in [1.165, 1.54) is 34.8 Å². The summed E-state index contributed by atoms with van der Waals surface area (Å²) >= 11 is 0. The average molecular weight is 458 g/mol. The Morgan fingerprint density at radius 2 is 1.84 bits per heavy atom. The first-order valence-corrected chi connectivity index (χ1v) is 11.5. The fourth-order valence-corrected chi connectivity index (χ4v) is 4.93. The second-order valence-corrected chi connectivity index (χ2v) is 9.42. The van der Waals surface area contributed by atoms with E-state index in [0.29, 0.717) is 24.4 Å². The molecular weight excluding hydrogens is 434 g/mol. The summed E-state index contributed by atoms with van der Waals surface area (Å²) in [4.78, 5) is 24.8. The van der Waals surface area contributed by atoms with Crippen LogP contribution in [0.2, 0.25) is 0 Å². The minimum atomic E-state index is -3.73. The molecule has 2 amide bonds. The van der Waals surface area contributed by atoms with Crippen LogP contribution in [0, 0.1) is 6.92 Å². The Morgan fingerprint density at radius 3 is 2.62 bits per heavy atom. The third-order valence-electron chi connectivity index (χ3n) is 5.18. The molecule has 10 heteroatoms. The summed E-state index contributed by atoms with van der Waals surface area (Å²) in [6.45, 7) is 3.13. The maximum absolute atomic E-state index is 12.8. The number of aryl methyl sites for hydroxylation is 1. The van der Waals surface area contributed by atoms with Crippen LogP contribution in [0.4, 0.5) is 0 Å². The van der Waals surface area contributed by atoms with Gasteiger partial charge in [-0.05, 0) is 36.8 Å². The Labute approximate surface area is 185 Å². The summed E-state index contributed by atoms with van der Waals surface area (Å²) in [7, 11) is -3.73. The second kappa shape index (κ2) is 9.11. The highest BCUT2D eigenvalue weighted by molar-refractivity contribution is 7.89. The van der Waals surface area contributed by atoms with E-state index in [4.69, 9.17) is 9.15 Å². The van der Waals surface area contributed by atoms with Gasteiger partial charge in [0.2, 0.25) is 15.9 Å². The van der Waals surface area contributed by atoms with Crippen molar-refractivity contribution in [3.05, 3.63) is 65.4 Å². The number of rotatable bonds is 5. The average Bonchev–Trinajstić information content (AvgIpc) is 3.19. The summed E-state index contributed by atoms with van der Waals surface area (Å²) in [5.41, 5.74) is 7.24. The number of hydrazine groups is 1. The molecule has 0 radical (unpaired) electrons. The molecule has 0 aliphatic carbocycles. The number of carbonyl (C=O) groups is 2. The molecule has 1 aromatic heterocycles. The lowest BCUT2D eigenvalue weighted by atomic mass is 10.1. The number of hydrogen-bond donors (Lipinski definition) is 2. The van der Waals surface area contributed by atoms with Gasteiger partial charge >= 0.3 is 0 Å². The number of nitrogens with zero attached hydrogens (tertiary/aromatic N) is 1. The van der Waals surface area contributed by atoms with E-state index in [9.17, 15) is 18.0 Å². The number of morpholine rings is 1. The zero-order valence-electron chi connectivity index (χ0n) is 17.5. The largest absolute Gasteiger partial charge is 0.464 e. The SMILES string of the molecule is Cc1ccc2c(CC(=O)NNC(=O)c3cccc(S(=O)(=O)N4CCOCC4)c3)coc2c1. The van der Waals surface area contributed by atoms with E-state index in [-0.39, 0.29) is 30.0 Å². The number of carbonyl (C=O) groups excluding carboxylic acids is 2. The zero-order valence-corrected chi connectivity index (χ0v) is 18.3. The molecule has 2 N–H and O–H groups in total. The molecule has 0 unspecified atom stereocenters. The van der Waals surface area contributed by atoms with Gasteiger partial charge in [0.05, 0.1) is 30.8 Å². The number of amides is 2. The third-order valence-corrected chi connectivity index (χ3v) is 7.08. The number of sulfonamides is 1. The van der Waals surface area contributed by atoms with Crippen LogP contribution in [-0.4, -0.2) is 50.8 Å². The lowest BCUT2D eigenvalue weighted by Gasteiger charge is -2.26. The maximum atomic E-state index is 12.8. The van der Waals surface area contributed by atoms with Crippen molar-refractivity contribution in [3.63, 3.8) is 0 Å². The van der Waals surface area contributed by atoms with Crippen molar-refractivity contribution in [1.29, 1.82) is 0 Å². The second-order valence-electron chi connectivity index (χ2n) is 7.48. The highest BCUT2D eigenvalue weighted by Crippen LogP contribution is 2.22. The monoisotopic (exact) mass is 457 g/mol. The van der Waals surface area contributed by atoms with E-state index in [2.05, 4.69) is 10.9 Å². The van der Waals surface area contributed by atoms with Gasteiger partial charge < -0.3 is 9.15 Å². The molecule has 3 aromatic rings. The van der Waals surface area contributed by atoms with Gasteiger partial charge in [0.15, 0.2) is 0 Å². The van der Waals surface area contributed by atoms with Crippen LogP contribution in [0.15, 0.2) is 58.0 Å². The van der Waals surface area contributed by atoms with E-state index >= 15 is 0 Å². The fourth-order valence-electron chi connectivity index (χ4n) is 3.48. The Balaban J connectivity index is 1.39. The standard InChI is InChI=1S/C22H23N3O6S/c1-15-5-6-19-17(14-31-20(19)11-15)13-21(26)23-24-22(27)16-3-2-4-18(12-16)32(28,29)25-7-9-30-10-8-25/h2-6,11-12,14H,7-10,13H2,1H3,(H,23,26)(H,24,27). The number of nitrogens with one attached hydrogen (secondary N) is 2. The lowest BCUT2D eigenvalue weighted by Crippen LogP contribution is -2.42. The first-order valence-electron chi connectivity index (χ1n) is 10.1. The predicted octanol–water partition coefficient (Wildman–Crippen LogP) is 1.77. The molecule has 1 aliphatic rings. The van der Waals surface area contributed by atoms with Crippen molar-refractivity contribution in [2.24, 2.45) is 0 Å². The predicted molar refractivity (Wildman–Crippen MR) is 116 cm³/mol. The minimum absolute atomic E-state index is 0.0125. The van der Waals surface area contributed by atoms with Crippen molar-refractivity contribution in [1.82, 2.24) is 15.2 Å². The Bertz CT molecular complexity index is 1260. The normalized spacial score (nSPS) is 14.9. The Hall–Kier alpha value is -3.21. The van der Waals surface area contributed by atoms with Gasteiger partial charge in [-0.2, -0.15) is 4.31 Å². The van der Waals surface area contributed by atoms with Gasteiger partial charge in [-0.25, -0.2) is 8.42 Å². The molecule has 1 aliphatic heterocycles. The van der Waals surface area contributed by atoms with Crippen LogP contribution in [0.25, 0.3) is 11.0 Å².